The molecule has 22 heavy (non-hydrogen) atoms. The first-order valence-corrected chi connectivity index (χ1v) is 7.30. The van der Waals surface area contributed by atoms with E-state index in [-0.39, 0.29) is 12.3 Å². The van der Waals surface area contributed by atoms with Gasteiger partial charge in [0, 0.05) is 23.4 Å². The van der Waals surface area contributed by atoms with Crippen molar-refractivity contribution in [2.24, 2.45) is 5.11 Å². The third kappa shape index (κ3) is 2.89. The number of benzene rings is 1. The monoisotopic (exact) mass is 300 g/mol. The Morgan fingerprint density at radius 1 is 1.23 bits per heavy atom. The minimum atomic E-state index is -0.428. The molecule has 1 atom stereocenters. The lowest BCUT2D eigenvalue weighted by molar-refractivity contribution is -0.118. The van der Waals surface area contributed by atoms with Crippen molar-refractivity contribution in [2.45, 2.75) is 31.8 Å². The van der Waals surface area contributed by atoms with Crippen molar-refractivity contribution < 1.29 is 14.3 Å². The minimum Gasteiger partial charge on any atom is -0.444 e. The fraction of sp³-hybridized carbons (Fsp3) is 0.467. The van der Waals surface area contributed by atoms with Crippen molar-refractivity contribution in [2.75, 3.05) is 18.0 Å². The molecule has 0 saturated carbocycles. The highest BCUT2D eigenvalue weighted by atomic mass is 16.6. The van der Waals surface area contributed by atoms with E-state index < -0.39 is 12.2 Å². The van der Waals surface area contributed by atoms with E-state index in [4.69, 9.17) is 10.3 Å². The van der Waals surface area contributed by atoms with Gasteiger partial charge in [0.2, 0.25) is 0 Å². The van der Waals surface area contributed by atoms with Gasteiger partial charge in [-0.3, -0.25) is 9.69 Å². The SMILES string of the molecule is [N-]=[N+]=NC[C@H]1CN(c2ccc3c(c2)CCC(=O)CC3)C(=O)O1. The van der Waals surface area contributed by atoms with Crippen LogP contribution in [0.4, 0.5) is 10.5 Å². The molecule has 0 radical (unpaired) electrons. The van der Waals surface area contributed by atoms with Crippen LogP contribution in [0.1, 0.15) is 24.0 Å². The fourth-order valence-corrected chi connectivity index (χ4v) is 2.89. The van der Waals surface area contributed by atoms with Gasteiger partial charge in [0.25, 0.3) is 0 Å². The summed E-state index contributed by atoms with van der Waals surface area (Å²) in [5, 5.41) is 3.45. The lowest BCUT2D eigenvalue weighted by Crippen LogP contribution is -2.25. The summed E-state index contributed by atoms with van der Waals surface area (Å²) in [5.41, 5.74) is 11.4. The Labute approximate surface area is 127 Å². The van der Waals surface area contributed by atoms with Crippen LogP contribution in [0.2, 0.25) is 0 Å². The van der Waals surface area contributed by atoms with E-state index in [0.29, 0.717) is 25.8 Å². The molecule has 1 aliphatic carbocycles. The van der Waals surface area contributed by atoms with Gasteiger partial charge in [-0.25, -0.2) is 4.79 Å². The molecule has 2 aliphatic rings. The van der Waals surface area contributed by atoms with Crippen LogP contribution >= 0.6 is 0 Å². The molecule has 1 aromatic rings. The first-order chi connectivity index (χ1) is 10.7. The molecule has 0 bridgehead atoms. The van der Waals surface area contributed by atoms with Gasteiger partial charge in [-0.05, 0) is 41.6 Å². The molecule has 1 amide bonds. The van der Waals surface area contributed by atoms with E-state index in [1.54, 1.807) is 4.90 Å². The molecule has 114 valence electrons. The van der Waals surface area contributed by atoms with Gasteiger partial charge in [-0.2, -0.15) is 0 Å². The van der Waals surface area contributed by atoms with Crippen molar-refractivity contribution in [3.8, 4) is 0 Å². The number of aryl methyl sites for hydroxylation is 2. The van der Waals surface area contributed by atoms with Crippen LogP contribution in [0.25, 0.3) is 10.4 Å². The number of carbonyl (C=O) groups is 2. The molecule has 1 aromatic carbocycles. The molecule has 1 aliphatic heterocycles. The number of azide groups is 1. The number of ketones is 1. The van der Waals surface area contributed by atoms with E-state index in [9.17, 15) is 9.59 Å². The van der Waals surface area contributed by atoms with Crippen molar-refractivity contribution in [3.63, 3.8) is 0 Å². The lowest BCUT2D eigenvalue weighted by atomic mass is 10.0. The summed E-state index contributed by atoms with van der Waals surface area (Å²) in [6, 6.07) is 5.83. The summed E-state index contributed by atoms with van der Waals surface area (Å²) in [7, 11) is 0. The molecule has 0 aromatic heterocycles. The molecule has 7 nitrogen and oxygen atoms in total. The van der Waals surface area contributed by atoms with Crippen LogP contribution < -0.4 is 4.90 Å². The summed E-state index contributed by atoms with van der Waals surface area (Å²) >= 11 is 0. The van der Waals surface area contributed by atoms with Gasteiger partial charge in [0.15, 0.2) is 0 Å². The fourth-order valence-electron chi connectivity index (χ4n) is 2.89. The number of Topliss-reactive ketones (excluding diaryl/α,β-unsaturated/α-hetero) is 1. The first-order valence-electron chi connectivity index (χ1n) is 7.30. The number of hydrogen-bond donors (Lipinski definition) is 0. The van der Waals surface area contributed by atoms with E-state index in [1.165, 1.54) is 5.56 Å². The predicted molar refractivity (Wildman–Crippen MR) is 79.7 cm³/mol. The van der Waals surface area contributed by atoms with Gasteiger partial charge >= 0.3 is 6.09 Å². The second kappa shape index (κ2) is 6.07. The lowest BCUT2D eigenvalue weighted by Gasteiger charge is -2.15. The van der Waals surface area contributed by atoms with Crippen LogP contribution in [0.3, 0.4) is 0 Å². The molecule has 0 N–H and O–H groups in total. The van der Waals surface area contributed by atoms with Crippen LogP contribution in [0.5, 0.6) is 0 Å². The Hall–Kier alpha value is -2.53. The summed E-state index contributed by atoms with van der Waals surface area (Å²) in [6.45, 7) is 0.508. The topological polar surface area (TPSA) is 95.4 Å². The third-order valence-corrected chi connectivity index (χ3v) is 4.07. The second-order valence-electron chi connectivity index (χ2n) is 5.52. The van der Waals surface area contributed by atoms with Gasteiger partial charge in [0.05, 0.1) is 13.1 Å². The molecular weight excluding hydrogens is 284 g/mol. The quantitative estimate of drug-likeness (QED) is 0.371. The van der Waals surface area contributed by atoms with Gasteiger partial charge < -0.3 is 4.74 Å². The maximum Gasteiger partial charge on any atom is 0.414 e. The number of carbonyl (C=O) groups excluding carboxylic acids is 2. The Morgan fingerprint density at radius 3 is 2.77 bits per heavy atom. The summed E-state index contributed by atoms with van der Waals surface area (Å²) in [6.07, 6.45) is 1.78. The molecule has 1 saturated heterocycles. The number of ether oxygens (including phenoxy) is 1. The number of nitrogens with zero attached hydrogens (tertiary/aromatic N) is 4. The molecule has 1 fully saturated rings. The van der Waals surface area contributed by atoms with E-state index >= 15 is 0 Å². The Balaban J connectivity index is 1.79. The van der Waals surface area contributed by atoms with Crippen molar-refractivity contribution >= 4 is 17.6 Å². The van der Waals surface area contributed by atoms with E-state index in [1.807, 2.05) is 18.2 Å². The number of anilines is 1. The molecule has 7 heteroatoms. The summed E-state index contributed by atoms with van der Waals surface area (Å²) < 4.78 is 5.18. The normalized spacial score (nSPS) is 20.9. The second-order valence-corrected chi connectivity index (χ2v) is 5.52. The van der Waals surface area contributed by atoms with Gasteiger partial charge in [-0.1, -0.05) is 11.2 Å². The molecule has 3 rings (SSSR count). The molecule has 0 unspecified atom stereocenters. The third-order valence-electron chi connectivity index (χ3n) is 4.07. The number of fused-ring (bicyclic) bond motifs is 1. The van der Waals surface area contributed by atoms with Crippen molar-refractivity contribution in [1.82, 2.24) is 0 Å². The van der Waals surface area contributed by atoms with Crippen LogP contribution in [0, 0.1) is 0 Å². The van der Waals surface area contributed by atoms with Crippen LogP contribution in [-0.2, 0) is 22.4 Å². The molecule has 1 heterocycles. The largest absolute Gasteiger partial charge is 0.444 e. The highest BCUT2D eigenvalue weighted by molar-refractivity contribution is 5.90. The molecule has 0 spiro atoms. The summed E-state index contributed by atoms with van der Waals surface area (Å²) in [5.74, 6) is 0.285. The Kier molecular flexibility index (Phi) is 3.98. The van der Waals surface area contributed by atoms with Crippen LogP contribution in [-0.4, -0.2) is 31.1 Å². The smallest absolute Gasteiger partial charge is 0.414 e. The number of rotatable bonds is 3. The zero-order valence-electron chi connectivity index (χ0n) is 12.1. The average Bonchev–Trinajstić information content (AvgIpc) is 2.79. The highest BCUT2D eigenvalue weighted by Gasteiger charge is 2.32. The minimum absolute atomic E-state index is 0.137. The standard InChI is InChI=1S/C15H16N4O3/c16-18-17-8-14-9-19(15(21)22-14)12-4-1-10-2-5-13(20)6-3-11(10)7-12/h1,4,7,14H,2-3,5-6,8-9H2/t14-/m0/s1. The maximum atomic E-state index is 12.0. The van der Waals surface area contributed by atoms with Crippen LogP contribution in [0.15, 0.2) is 23.3 Å². The number of hydrogen-bond acceptors (Lipinski definition) is 4. The molecular formula is C15H16N4O3. The Bertz CT molecular complexity index is 667. The number of amides is 1. The van der Waals surface area contributed by atoms with Gasteiger partial charge in [0.1, 0.15) is 11.9 Å². The van der Waals surface area contributed by atoms with E-state index in [0.717, 1.165) is 17.7 Å². The van der Waals surface area contributed by atoms with E-state index in [2.05, 4.69) is 10.0 Å². The van der Waals surface area contributed by atoms with Gasteiger partial charge in [-0.15, -0.1) is 0 Å². The zero-order valence-corrected chi connectivity index (χ0v) is 12.1. The average molecular weight is 300 g/mol. The maximum absolute atomic E-state index is 12.0. The van der Waals surface area contributed by atoms with Crippen molar-refractivity contribution in [1.29, 1.82) is 0 Å². The predicted octanol–water partition coefficient (Wildman–Crippen LogP) is 2.77. The van der Waals surface area contributed by atoms with Crippen molar-refractivity contribution in [3.05, 3.63) is 39.8 Å². The summed E-state index contributed by atoms with van der Waals surface area (Å²) in [4.78, 5) is 27.7. The number of cyclic esters (lactones) is 1. The Morgan fingerprint density at radius 2 is 2.00 bits per heavy atom. The zero-order chi connectivity index (χ0) is 15.5. The first kappa shape index (κ1) is 14.4. The highest BCUT2D eigenvalue weighted by Crippen LogP contribution is 2.27.